The van der Waals surface area contributed by atoms with Gasteiger partial charge in [0, 0.05) is 16.6 Å². The average molecular weight is 352 g/mol. The molecule has 0 aliphatic carbocycles. The summed E-state index contributed by atoms with van der Waals surface area (Å²) in [7, 11) is 1.57. The summed E-state index contributed by atoms with van der Waals surface area (Å²) < 4.78 is 5.07. The summed E-state index contributed by atoms with van der Waals surface area (Å²) in [6.45, 7) is 0. The van der Waals surface area contributed by atoms with Gasteiger partial charge in [0.1, 0.15) is 11.5 Å². The number of nitrogens with one attached hydrogen (secondary N) is 2. The van der Waals surface area contributed by atoms with E-state index in [4.69, 9.17) is 17.0 Å². The average Bonchev–Trinajstić information content (AvgIpc) is 2.61. The third-order valence-corrected chi connectivity index (χ3v) is 3.90. The number of benzene rings is 3. The quantitative estimate of drug-likeness (QED) is 0.627. The summed E-state index contributed by atoms with van der Waals surface area (Å²) in [4.78, 5) is 12.2. The van der Waals surface area contributed by atoms with Crippen LogP contribution in [0.15, 0.2) is 60.7 Å². The number of carbonyl (C=O) groups is 1. The third-order valence-electron chi connectivity index (χ3n) is 3.69. The van der Waals surface area contributed by atoms with E-state index in [2.05, 4.69) is 10.6 Å². The highest BCUT2D eigenvalue weighted by Gasteiger charge is 2.09. The van der Waals surface area contributed by atoms with Crippen LogP contribution in [0.3, 0.4) is 0 Å². The number of hydrogen-bond acceptors (Lipinski definition) is 4. The number of aromatic hydroxyl groups is 1. The second kappa shape index (κ2) is 7.19. The van der Waals surface area contributed by atoms with Crippen molar-refractivity contribution >= 4 is 39.7 Å². The maximum atomic E-state index is 12.2. The SMILES string of the molecule is COc1ccc(C(=O)NC(=S)Nc2cccc3cc(O)ccc23)cc1. The van der Waals surface area contributed by atoms with E-state index in [1.54, 1.807) is 49.6 Å². The van der Waals surface area contributed by atoms with Crippen molar-refractivity contribution in [2.24, 2.45) is 0 Å². The highest BCUT2D eigenvalue weighted by Crippen LogP contribution is 2.26. The maximum absolute atomic E-state index is 12.2. The van der Waals surface area contributed by atoms with Gasteiger partial charge in [0.15, 0.2) is 5.11 Å². The summed E-state index contributed by atoms with van der Waals surface area (Å²) in [5.74, 6) is 0.564. The molecule has 0 saturated heterocycles. The van der Waals surface area contributed by atoms with Gasteiger partial charge in [0.25, 0.3) is 5.91 Å². The van der Waals surface area contributed by atoms with Crippen molar-refractivity contribution in [3.8, 4) is 11.5 Å². The van der Waals surface area contributed by atoms with Gasteiger partial charge in [0.2, 0.25) is 0 Å². The molecule has 0 bridgehead atoms. The predicted octanol–water partition coefficient (Wildman–Crippen LogP) is 3.68. The fourth-order valence-electron chi connectivity index (χ4n) is 2.45. The summed E-state index contributed by atoms with van der Waals surface area (Å²) in [5, 5.41) is 17.2. The molecule has 0 aliphatic rings. The van der Waals surface area contributed by atoms with E-state index >= 15 is 0 Å². The number of amides is 1. The van der Waals surface area contributed by atoms with Crippen molar-refractivity contribution < 1.29 is 14.6 Å². The lowest BCUT2D eigenvalue weighted by molar-refractivity contribution is 0.0977. The smallest absolute Gasteiger partial charge is 0.257 e. The number of methoxy groups -OCH3 is 1. The molecule has 0 radical (unpaired) electrons. The largest absolute Gasteiger partial charge is 0.508 e. The van der Waals surface area contributed by atoms with E-state index in [9.17, 15) is 9.90 Å². The van der Waals surface area contributed by atoms with Crippen LogP contribution in [0.5, 0.6) is 11.5 Å². The Morgan fingerprint density at radius 1 is 1.08 bits per heavy atom. The van der Waals surface area contributed by atoms with Gasteiger partial charge < -0.3 is 15.2 Å². The number of rotatable bonds is 3. The Morgan fingerprint density at radius 3 is 2.56 bits per heavy atom. The van der Waals surface area contributed by atoms with Crippen molar-refractivity contribution in [3.63, 3.8) is 0 Å². The van der Waals surface area contributed by atoms with Crippen molar-refractivity contribution in [2.75, 3.05) is 12.4 Å². The minimum atomic E-state index is -0.307. The lowest BCUT2D eigenvalue weighted by Crippen LogP contribution is -2.34. The van der Waals surface area contributed by atoms with Crippen LogP contribution >= 0.6 is 12.2 Å². The molecule has 0 saturated carbocycles. The Labute approximate surface area is 150 Å². The van der Waals surface area contributed by atoms with E-state index in [1.165, 1.54) is 0 Å². The van der Waals surface area contributed by atoms with Gasteiger partial charge in [-0.15, -0.1) is 0 Å². The van der Waals surface area contributed by atoms with Crippen LogP contribution in [0.2, 0.25) is 0 Å². The van der Waals surface area contributed by atoms with Crippen molar-refractivity contribution in [1.82, 2.24) is 5.32 Å². The van der Waals surface area contributed by atoms with E-state index in [-0.39, 0.29) is 16.8 Å². The fraction of sp³-hybridized carbons (Fsp3) is 0.0526. The molecule has 3 aromatic rings. The number of phenols is 1. The molecule has 6 heteroatoms. The molecule has 3 rings (SSSR count). The zero-order chi connectivity index (χ0) is 17.8. The van der Waals surface area contributed by atoms with E-state index in [0.29, 0.717) is 11.3 Å². The molecule has 0 aromatic heterocycles. The normalized spacial score (nSPS) is 10.3. The lowest BCUT2D eigenvalue weighted by Gasteiger charge is -2.12. The van der Waals surface area contributed by atoms with Crippen LogP contribution in [0.4, 0.5) is 5.69 Å². The first kappa shape index (κ1) is 16.7. The molecular formula is C19H16N2O3S. The molecule has 3 aromatic carbocycles. The minimum absolute atomic E-state index is 0.194. The number of thiocarbonyl (C=S) groups is 1. The molecule has 25 heavy (non-hydrogen) atoms. The number of phenolic OH excluding ortho intramolecular Hbond substituents is 1. The molecule has 0 unspecified atom stereocenters. The number of ether oxygens (including phenoxy) is 1. The molecule has 3 N–H and O–H groups in total. The summed E-state index contributed by atoms with van der Waals surface area (Å²) in [6, 6.07) is 17.4. The molecule has 0 atom stereocenters. The first-order valence-corrected chi connectivity index (χ1v) is 7.96. The molecule has 0 spiro atoms. The van der Waals surface area contributed by atoms with E-state index in [1.807, 2.05) is 18.2 Å². The maximum Gasteiger partial charge on any atom is 0.257 e. The van der Waals surface area contributed by atoms with Gasteiger partial charge in [-0.05, 0) is 66.1 Å². The zero-order valence-electron chi connectivity index (χ0n) is 13.4. The van der Waals surface area contributed by atoms with Crippen LogP contribution < -0.4 is 15.4 Å². The number of fused-ring (bicyclic) bond motifs is 1. The number of anilines is 1. The van der Waals surface area contributed by atoms with E-state index in [0.717, 1.165) is 16.5 Å². The first-order chi connectivity index (χ1) is 12.1. The minimum Gasteiger partial charge on any atom is -0.508 e. The van der Waals surface area contributed by atoms with Crippen LogP contribution in [0.25, 0.3) is 10.8 Å². The zero-order valence-corrected chi connectivity index (χ0v) is 14.3. The van der Waals surface area contributed by atoms with Gasteiger partial charge in [-0.2, -0.15) is 0 Å². The Kier molecular flexibility index (Phi) is 4.81. The van der Waals surface area contributed by atoms with Crippen molar-refractivity contribution in [1.29, 1.82) is 0 Å². The van der Waals surface area contributed by atoms with Gasteiger partial charge >= 0.3 is 0 Å². The Balaban J connectivity index is 1.73. The summed E-state index contributed by atoms with van der Waals surface area (Å²) in [5.41, 5.74) is 1.23. The number of hydrogen-bond donors (Lipinski definition) is 3. The van der Waals surface area contributed by atoms with Crippen LogP contribution in [-0.4, -0.2) is 23.2 Å². The summed E-state index contributed by atoms with van der Waals surface area (Å²) >= 11 is 5.23. The third kappa shape index (κ3) is 3.87. The molecule has 0 fully saturated rings. The van der Waals surface area contributed by atoms with Crippen LogP contribution in [0.1, 0.15) is 10.4 Å². The Morgan fingerprint density at radius 2 is 1.84 bits per heavy atom. The molecule has 1 amide bonds. The van der Waals surface area contributed by atoms with Crippen LogP contribution in [0, 0.1) is 0 Å². The Bertz CT molecular complexity index is 939. The molecule has 5 nitrogen and oxygen atoms in total. The second-order valence-electron chi connectivity index (χ2n) is 5.35. The molecular weight excluding hydrogens is 336 g/mol. The van der Waals surface area contributed by atoms with Crippen molar-refractivity contribution in [3.05, 3.63) is 66.2 Å². The summed E-state index contributed by atoms with van der Waals surface area (Å²) in [6.07, 6.45) is 0. The molecule has 126 valence electrons. The fourth-order valence-corrected chi connectivity index (χ4v) is 2.65. The van der Waals surface area contributed by atoms with Gasteiger partial charge in [-0.3, -0.25) is 10.1 Å². The lowest BCUT2D eigenvalue weighted by atomic mass is 10.1. The van der Waals surface area contributed by atoms with Gasteiger partial charge in [0.05, 0.1) is 7.11 Å². The van der Waals surface area contributed by atoms with Gasteiger partial charge in [-0.25, -0.2) is 0 Å². The predicted molar refractivity (Wildman–Crippen MR) is 102 cm³/mol. The highest BCUT2D eigenvalue weighted by molar-refractivity contribution is 7.80. The monoisotopic (exact) mass is 352 g/mol. The topological polar surface area (TPSA) is 70.6 Å². The van der Waals surface area contributed by atoms with E-state index < -0.39 is 0 Å². The first-order valence-electron chi connectivity index (χ1n) is 7.55. The molecule has 0 heterocycles. The Hall–Kier alpha value is -3.12. The second-order valence-corrected chi connectivity index (χ2v) is 5.76. The van der Waals surface area contributed by atoms with Crippen molar-refractivity contribution in [2.45, 2.75) is 0 Å². The number of carbonyl (C=O) groups excluding carboxylic acids is 1. The molecule has 0 aliphatic heterocycles. The van der Waals surface area contributed by atoms with Crippen LogP contribution in [-0.2, 0) is 0 Å². The standard InChI is InChI=1S/C19H16N2O3S/c1-24-15-8-5-12(6-9-15)18(23)21-19(25)20-17-4-2-3-13-11-14(22)7-10-16(13)17/h2-11,22H,1H3,(H2,20,21,23,25). The van der Waals surface area contributed by atoms with Gasteiger partial charge in [-0.1, -0.05) is 12.1 Å². The highest BCUT2D eigenvalue weighted by atomic mass is 32.1.